The normalized spacial score (nSPS) is 14.4. The van der Waals surface area contributed by atoms with E-state index >= 15 is 0 Å². The maximum atomic E-state index is 4.50. The molecule has 0 N–H and O–H groups in total. The second kappa shape index (κ2) is 6.05. The molecule has 0 aromatic carbocycles. The van der Waals surface area contributed by atoms with Crippen LogP contribution in [0, 0.1) is 0 Å². The van der Waals surface area contributed by atoms with Crippen LogP contribution in [-0.4, -0.2) is 79.2 Å². The van der Waals surface area contributed by atoms with Gasteiger partial charge >= 0.3 is 65.9 Å². The van der Waals surface area contributed by atoms with Crippen molar-refractivity contribution in [3.8, 4) is 0 Å². The van der Waals surface area contributed by atoms with E-state index in [2.05, 4.69) is 4.74 Å². The molecule has 0 amide bonds. The van der Waals surface area contributed by atoms with Gasteiger partial charge in [0.25, 0.3) is 0 Å². The molecule has 0 aromatic rings. The molecule has 0 aromatic heterocycles. The number of rotatable bonds is 0. The molecule has 30 valence electrons. The molecule has 1 nitrogen and oxygen atoms in total. The Hall–Kier alpha value is 2.05. The van der Waals surface area contributed by atoms with Gasteiger partial charge in [-0.2, -0.15) is 0 Å². The SMILES string of the molecule is C1CO1.[Ba+2].[H-].[H-].[SeH2]. The van der Waals surface area contributed by atoms with Gasteiger partial charge < -0.3 is 7.59 Å². The van der Waals surface area contributed by atoms with Crippen LogP contribution >= 0.6 is 0 Å². The van der Waals surface area contributed by atoms with Crippen LogP contribution in [0.5, 0.6) is 0 Å². The van der Waals surface area contributed by atoms with Crippen LogP contribution in [0.3, 0.4) is 0 Å². The van der Waals surface area contributed by atoms with Gasteiger partial charge in [-0.05, 0) is 0 Å². The standard InChI is InChI=1S/C2H4O.Ba.H2Se.2H/c1-2-3-1;;;;/h1-2H2;;1H2;;/q;+2;;2*-1. The minimum atomic E-state index is 0. The van der Waals surface area contributed by atoms with Crippen LogP contribution in [0.4, 0.5) is 0 Å². The van der Waals surface area contributed by atoms with Crippen LogP contribution in [0.15, 0.2) is 0 Å². The second-order valence-electron chi connectivity index (χ2n) is 0.612. The Morgan fingerprint density at radius 1 is 1.40 bits per heavy atom. The Morgan fingerprint density at radius 3 is 1.60 bits per heavy atom. The van der Waals surface area contributed by atoms with Gasteiger partial charge in [0.1, 0.15) is 0 Å². The first kappa shape index (κ1) is 10.1. The van der Waals surface area contributed by atoms with Crippen LogP contribution in [0.25, 0.3) is 0 Å². The molecule has 5 heavy (non-hydrogen) atoms. The predicted molar refractivity (Wildman–Crippen MR) is 27.3 cm³/mol. The van der Waals surface area contributed by atoms with Crippen molar-refractivity contribution in [3.63, 3.8) is 0 Å². The predicted octanol–water partition coefficient (Wildman–Crippen LogP) is -1.06. The Labute approximate surface area is 85.4 Å². The van der Waals surface area contributed by atoms with Crippen molar-refractivity contribution in [2.75, 3.05) is 13.2 Å². The fourth-order valence-electron chi connectivity index (χ4n) is 0. The van der Waals surface area contributed by atoms with Crippen LogP contribution in [-0.2, 0) is 4.74 Å². The molecule has 1 aliphatic rings. The minimum absolute atomic E-state index is 0. The molecule has 1 aliphatic heterocycles. The molecule has 3 heteroatoms. The van der Waals surface area contributed by atoms with Crippen LogP contribution in [0.2, 0.25) is 0 Å². The Kier molecular flexibility index (Phi) is 12.2. The molecular formula is C2H8BaOSe. The zero-order chi connectivity index (χ0) is 2.12. The van der Waals surface area contributed by atoms with Gasteiger partial charge in [0.15, 0.2) is 0 Å². The molecular weight excluding hydrogens is 256 g/mol. The van der Waals surface area contributed by atoms with Crippen LogP contribution in [0.1, 0.15) is 2.85 Å². The van der Waals surface area contributed by atoms with E-state index in [1.807, 2.05) is 0 Å². The number of epoxide rings is 1. The number of hydrogen-bond acceptors (Lipinski definition) is 1. The molecule has 1 heterocycles. The van der Waals surface area contributed by atoms with Gasteiger partial charge in [-0.15, -0.1) is 0 Å². The Morgan fingerprint density at radius 2 is 1.60 bits per heavy atom. The van der Waals surface area contributed by atoms with Gasteiger partial charge in [-0.25, -0.2) is 0 Å². The van der Waals surface area contributed by atoms with Gasteiger partial charge in [0.2, 0.25) is 0 Å². The molecule has 0 bridgehead atoms. The van der Waals surface area contributed by atoms with E-state index in [0.29, 0.717) is 0 Å². The van der Waals surface area contributed by atoms with Crippen molar-refractivity contribution in [1.29, 1.82) is 0 Å². The first-order chi connectivity index (χ1) is 1.50. The monoisotopic (exact) mass is 266 g/mol. The van der Waals surface area contributed by atoms with Crippen molar-refractivity contribution in [3.05, 3.63) is 0 Å². The molecule has 0 atom stereocenters. The van der Waals surface area contributed by atoms with E-state index in [-0.39, 0.29) is 68.8 Å². The van der Waals surface area contributed by atoms with Gasteiger partial charge in [-0.3, -0.25) is 0 Å². The average molecular weight is 264 g/mol. The van der Waals surface area contributed by atoms with E-state index in [1.165, 1.54) is 0 Å². The quantitative estimate of drug-likeness (QED) is 0.402. The summed E-state index contributed by atoms with van der Waals surface area (Å²) in [5.74, 6) is 0. The summed E-state index contributed by atoms with van der Waals surface area (Å²) in [6.07, 6.45) is 0. The second-order valence-corrected chi connectivity index (χ2v) is 0.612. The zero-order valence-corrected chi connectivity index (χ0v) is 9.57. The van der Waals surface area contributed by atoms with E-state index in [0.717, 1.165) is 13.2 Å². The molecule has 0 unspecified atom stereocenters. The molecule has 1 rings (SSSR count). The molecule has 1 fully saturated rings. The average Bonchev–Trinajstić information content (AvgIpc) is 1.46. The maximum absolute atomic E-state index is 4.50. The summed E-state index contributed by atoms with van der Waals surface area (Å²) in [6.45, 7) is 2.00. The fourth-order valence-corrected chi connectivity index (χ4v) is 0. The Balaban J connectivity index is -0.0000000112. The third-order valence-corrected chi connectivity index (χ3v) is 0.204. The van der Waals surface area contributed by atoms with Gasteiger partial charge in [-0.1, -0.05) is 0 Å². The fraction of sp³-hybridized carbons (Fsp3) is 1.00. The first-order valence-electron chi connectivity index (χ1n) is 1.08. The summed E-state index contributed by atoms with van der Waals surface area (Å²) < 4.78 is 4.50. The van der Waals surface area contributed by atoms with Gasteiger partial charge in [0, 0.05) is 0 Å². The third kappa shape index (κ3) is 10.7. The van der Waals surface area contributed by atoms with E-state index in [4.69, 9.17) is 0 Å². The van der Waals surface area contributed by atoms with E-state index < -0.39 is 0 Å². The van der Waals surface area contributed by atoms with Crippen molar-refractivity contribution in [2.45, 2.75) is 0 Å². The summed E-state index contributed by atoms with van der Waals surface area (Å²) in [5, 5.41) is 0. The Bertz CT molecular complexity index is 20.4. The molecule has 0 radical (unpaired) electrons. The van der Waals surface area contributed by atoms with E-state index in [1.54, 1.807) is 0 Å². The van der Waals surface area contributed by atoms with Crippen LogP contribution < -0.4 is 0 Å². The van der Waals surface area contributed by atoms with Crippen molar-refractivity contribution < 1.29 is 7.59 Å². The summed E-state index contributed by atoms with van der Waals surface area (Å²) in [4.78, 5) is 0. The van der Waals surface area contributed by atoms with Crippen molar-refractivity contribution in [1.82, 2.24) is 0 Å². The number of ether oxygens (including phenoxy) is 1. The van der Waals surface area contributed by atoms with Gasteiger partial charge in [0.05, 0.1) is 13.2 Å². The third-order valence-electron chi connectivity index (χ3n) is 0.204. The molecule has 0 saturated carbocycles. The molecule has 0 aliphatic carbocycles. The summed E-state index contributed by atoms with van der Waals surface area (Å²) >= 11 is 0. The molecule has 0 spiro atoms. The van der Waals surface area contributed by atoms with E-state index in [9.17, 15) is 0 Å². The summed E-state index contributed by atoms with van der Waals surface area (Å²) in [7, 11) is 0. The summed E-state index contributed by atoms with van der Waals surface area (Å²) in [6, 6.07) is 0. The topological polar surface area (TPSA) is 12.5 Å². The first-order valence-corrected chi connectivity index (χ1v) is 1.08. The summed E-state index contributed by atoms with van der Waals surface area (Å²) in [5.41, 5.74) is 0. The zero-order valence-electron chi connectivity index (χ0n) is 5.03. The van der Waals surface area contributed by atoms with Crippen molar-refractivity contribution >= 4 is 65.9 Å². The van der Waals surface area contributed by atoms with Crippen molar-refractivity contribution in [2.24, 2.45) is 0 Å². The molecule has 1 saturated heterocycles. The number of hydrogen-bond donors (Lipinski definition) is 0.